The van der Waals surface area contributed by atoms with E-state index in [0.717, 1.165) is 12.8 Å². The van der Waals surface area contributed by atoms with Crippen LogP contribution in [0.2, 0.25) is 5.02 Å². The van der Waals surface area contributed by atoms with Gasteiger partial charge in [-0.25, -0.2) is 8.42 Å². The van der Waals surface area contributed by atoms with Gasteiger partial charge in [0.2, 0.25) is 10.0 Å². The van der Waals surface area contributed by atoms with E-state index in [-0.39, 0.29) is 15.8 Å². The van der Waals surface area contributed by atoms with Gasteiger partial charge in [0.15, 0.2) is 0 Å². The Balaban J connectivity index is 2.37. The van der Waals surface area contributed by atoms with E-state index in [9.17, 15) is 8.42 Å². The van der Waals surface area contributed by atoms with Crippen molar-refractivity contribution in [3.63, 3.8) is 0 Å². The summed E-state index contributed by atoms with van der Waals surface area (Å²) in [6.45, 7) is 1.50. The number of sulfonamides is 1. The van der Waals surface area contributed by atoms with Gasteiger partial charge in [-0.05, 0) is 53.4 Å². The maximum Gasteiger partial charge on any atom is 0.245 e. The molecule has 0 amide bonds. The Kier molecular flexibility index (Phi) is 4.89. The lowest BCUT2D eigenvalue weighted by molar-refractivity contribution is 0.271. The molecule has 1 saturated heterocycles. The molecule has 1 aliphatic heterocycles. The van der Waals surface area contributed by atoms with Crippen LogP contribution < -0.4 is 5.73 Å². The fraction of sp³-hybridized carbons (Fsp3) is 0.500. The topological polar surface area (TPSA) is 63.4 Å². The molecule has 2 rings (SSSR count). The van der Waals surface area contributed by atoms with Crippen molar-refractivity contribution in [1.29, 1.82) is 0 Å². The summed E-state index contributed by atoms with van der Waals surface area (Å²) in [5.41, 5.74) is 5.65. The first-order chi connectivity index (χ1) is 8.96. The lowest BCUT2D eigenvalue weighted by Crippen LogP contribution is -2.42. The second-order valence-corrected chi connectivity index (χ2v) is 7.79. The Morgan fingerprint density at radius 3 is 2.84 bits per heavy atom. The highest BCUT2D eigenvalue weighted by Gasteiger charge is 2.32. The molecular weight excluding hydrogens is 352 g/mol. The lowest BCUT2D eigenvalue weighted by atomic mass is 10.0. The SMILES string of the molecule is NCC1CCCN(S(=O)(=O)c2c(Cl)cccc2Br)C1. The zero-order chi connectivity index (χ0) is 14.0. The van der Waals surface area contributed by atoms with Crippen LogP contribution in [0.4, 0.5) is 0 Å². The van der Waals surface area contributed by atoms with Crippen LogP contribution in [0.1, 0.15) is 12.8 Å². The highest BCUT2D eigenvalue weighted by atomic mass is 79.9. The molecule has 7 heteroatoms. The van der Waals surface area contributed by atoms with Crippen molar-refractivity contribution < 1.29 is 8.42 Å². The van der Waals surface area contributed by atoms with Crippen molar-refractivity contribution in [3.05, 3.63) is 27.7 Å². The van der Waals surface area contributed by atoms with Gasteiger partial charge in [-0.2, -0.15) is 4.31 Å². The third-order valence-electron chi connectivity index (χ3n) is 3.33. The molecule has 2 N–H and O–H groups in total. The first-order valence-corrected chi connectivity index (χ1v) is 8.72. The highest BCUT2D eigenvalue weighted by molar-refractivity contribution is 9.10. The van der Waals surface area contributed by atoms with E-state index < -0.39 is 10.0 Å². The van der Waals surface area contributed by atoms with Crippen molar-refractivity contribution in [2.24, 2.45) is 11.7 Å². The van der Waals surface area contributed by atoms with Crippen LogP contribution in [0.15, 0.2) is 27.6 Å². The number of nitrogens with zero attached hydrogens (tertiary/aromatic N) is 1. The van der Waals surface area contributed by atoms with Gasteiger partial charge < -0.3 is 5.73 Å². The van der Waals surface area contributed by atoms with Crippen molar-refractivity contribution in [2.45, 2.75) is 17.7 Å². The van der Waals surface area contributed by atoms with E-state index in [2.05, 4.69) is 15.9 Å². The van der Waals surface area contributed by atoms with Gasteiger partial charge in [0.25, 0.3) is 0 Å². The molecule has 1 heterocycles. The molecule has 4 nitrogen and oxygen atoms in total. The van der Waals surface area contributed by atoms with Crippen LogP contribution in [0.25, 0.3) is 0 Å². The van der Waals surface area contributed by atoms with E-state index in [0.29, 0.717) is 24.1 Å². The molecule has 106 valence electrons. The van der Waals surface area contributed by atoms with E-state index in [1.807, 2.05) is 0 Å². The number of hydrogen-bond acceptors (Lipinski definition) is 3. The Bertz CT molecular complexity index is 545. The molecule has 0 radical (unpaired) electrons. The minimum absolute atomic E-state index is 0.148. The largest absolute Gasteiger partial charge is 0.330 e. The quantitative estimate of drug-likeness (QED) is 0.892. The molecule has 0 bridgehead atoms. The number of hydrogen-bond donors (Lipinski definition) is 1. The van der Waals surface area contributed by atoms with Crippen LogP contribution in [-0.4, -0.2) is 32.4 Å². The van der Waals surface area contributed by atoms with E-state index in [4.69, 9.17) is 17.3 Å². The number of rotatable bonds is 3. The summed E-state index contributed by atoms with van der Waals surface area (Å²) in [5, 5.41) is 0.240. The Labute approximate surface area is 127 Å². The van der Waals surface area contributed by atoms with Crippen LogP contribution in [-0.2, 0) is 10.0 Å². The third kappa shape index (κ3) is 3.13. The number of halogens is 2. The molecule has 1 unspecified atom stereocenters. The van der Waals surface area contributed by atoms with Gasteiger partial charge in [-0.1, -0.05) is 17.7 Å². The summed E-state index contributed by atoms with van der Waals surface area (Å²) in [6, 6.07) is 4.98. The first-order valence-electron chi connectivity index (χ1n) is 6.11. The molecule has 1 aromatic rings. The Morgan fingerprint density at radius 2 is 2.21 bits per heavy atom. The summed E-state index contributed by atoms with van der Waals surface area (Å²) in [7, 11) is -3.57. The minimum Gasteiger partial charge on any atom is -0.330 e. The average molecular weight is 368 g/mol. The van der Waals surface area contributed by atoms with Crippen LogP contribution in [0.3, 0.4) is 0 Å². The molecular formula is C12H16BrClN2O2S. The molecule has 0 aliphatic carbocycles. The fourth-order valence-corrected chi connectivity index (χ4v) is 5.52. The molecule has 19 heavy (non-hydrogen) atoms. The maximum absolute atomic E-state index is 12.7. The van der Waals surface area contributed by atoms with Crippen molar-refractivity contribution >= 4 is 37.6 Å². The summed E-state index contributed by atoms with van der Waals surface area (Å²) in [6.07, 6.45) is 1.81. The zero-order valence-electron chi connectivity index (χ0n) is 10.4. The predicted octanol–water partition coefficient (Wildman–Crippen LogP) is 2.46. The fourth-order valence-electron chi connectivity index (χ4n) is 2.30. The van der Waals surface area contributed by atoms with E-state index >= 15 is 0 Å². The Hall–Kier alpha value is -0.140. The molecule has 0 saturated carbocycles. The summed E-state index contributed by atoms with van der Waals surface area (Å²) in [4.78, 5) is 0.148. The van der Waals surface area contributed by atoms with Gasteiger partial charge in [0.05, 0.1) is 5.02 Å². The first kappa shape index (κ1) is 15.3. The molecule has 1 atom stereocenters. The van der Waals surface area contributed by atoms with E-state index in [1.165, 1.54) is 4.31 Å². The van der Waals surface area contributed by atoms with Gasteiger partial charge in [-0.15, -0.1) is 0 Å². The summed E-state index contributed by atoms with van der Waals surface area (Å²) < 4.78 is 27.3. The predicted molar refractivity (Wildman–Crippen MR) is 79.7 cm³/mol. The van der Waals surface area contributed by atoms with Crippen LogP contribution in [0.5, 0.6) is 0 Å². The summed E-state index contributed by atoms with van der Waals surface area (Å²) in [5.74, 6) is 0.227. The molecule has 0 aromatic heterocycles. The monoisotopic (exact) mass is 366 g/mol. The van der Waals surface area contributed by atoms with Crippen LogP contribution in [0, 0.1) is 5.92 Å². The van der Waals surface area contributed by atoms with Gasteiger partial charge in [0.1, 0.15) is 4.90 Å². The second-order valence-electron chi connectivity index (χ2n) is 4.66. The number of benzene rings is 1. The minimum atomic E-state index is -3.57. The van der Waals surface area contributed by atoms with Crippen molar-refractivity contribution in [1.82, 2.24) is 4.31 Å². The normalized spacial score (nSPS) is 21.5. The van der Waals surface area contributed by atoms with E-state index in [1.54, 1.807) is 18.2 Å². The number of nitrogens with two attached hydrogens (primary N) is 1. The smallest absolute Gasteiger partial charge is 0.245 e. The zero-order valence-corrected chi connectivity index (χ0v) is 13.5. The molecule has 1 aliphatic rings. The van der Waals surface area contributed by atoms with Gasteiger partial charge >= 0.3 is 0 Å². The molecule has 1 fully saturated rings. The van der Waals surface area contributed by atoms with Crippen molar-refractivity contribution in [2.75, 3.05) is 19.6 Å². The number of piperidine rings is 1. The van der Waals surface area contributed by atoms with Gasteiger partial charge in [-0.3, -0.25) is 0 Å². The highest BCUT2D eigenvalue weighted by Crippen LogP contribution is 2.33. The maximum atomic E-state index is 12.7. The van der Waals surface area contributed by atoms with Crippen molar-refractivity contribution in [3.8, 4) is 0 Å². The standard InChI is InChI=1S/C12H16BrClN2O2S/c13-10-4-1-5-11(14)12(10)19(17,18)16-6-2-3-9(7-15)8-16/h1,4-5,9H,2-3,6-8,15H2. The van der Waals surface area contributed by atoms with Crippen LogP contribution >= 0.6 is 27.5 Å². The Morgan fingerprint density at radius 1 is 1.47 bits per heavy atom. The second kappa shape index (κ2) is 6.10. The lowest BCUT2D eigenvalue weighted by Gasteiger charge is -2.31. The average Bonchev–Trinajstić information content (AvgIpc) is 2.38. The molecule has 0 spiro atoms. The molecule has 1 aromatic carbocycles. The summed E-state index contributed by atoms with van der Waals surface area (Å²) >= 11 is 9.31. The van der Waals surface area contributed by atoms with Gasteiger partial charge in [0, 0.05) is 17.6 Å². The third-order valence-corrected chi connectivity index (χ3v) is 6.65.